The highest BCUT2D eigenvalue weighted by molar-refractivity contribution is 6.04. The van der Waals surface area contributed by atoms with E-state index in [0.717, 1.165) is 0 Å². The monoisotopic (exact) mass is 266 g/mol. The second-order valence-corrected chi connectivity index (χ2v) is 3.71. The van der Waals surface area contributed by atoms with Gasteiger partial charge in [-0.1, -0.05) is 12.1 Å². The van der Waals surface area contributed by atoms with E-state index in [1.54, 1.807) is 32.0 Å². The first-order valence-electron chi connectivity index (χ1n) is 6.10. The lowest BCUT2D eigenvalue weighted by molar-refractivity contribution is 0.0475. The van der Waals surface area contributed by atoms with Gasteiger partial charge in [0.2, 0.25) is 0 Å². The first-order valence-corrected chi connectivity index (χ1v) is 6.10. The lowest BCUT2D eigenvalue weighted by Gasteiger charge is -2.12. The molecule has 0 amide bonds. The summed E-state index contributed by atoms with van der Waals surface area (Å²) in [4.78, 5) is 23.8. The van der Waals surface area contributed by atoms with Gasteiger partial charge in [-0.15, -0.1) is 0 Å². The van der Waals surface area contributed by atoms with E-state index in [-0.39, 0.29) is 30.9 Å². The Balaban J connectivity index is 3.24. The minimum Gasteiger partial charge on any atom is -0.462 e. The topological polar surface area (TPSA) is 61.8 Å². The van der Waals surface area contributed by atoms with Crippen molar-refractivity contribution < 1.29 is 23.8 Å². The predicted molar refractivity (Wildman–Crippen MR) is 69.1 cm³/mol. The van der Waals surface area contributed by atoms with Gasteiger partial charge in [-0.05, 0) is 25.5 Å². The number of carbonyl (C=O) groups excluding carboxylic acids is 2. The van der Waals surface area contributed by atoms with Crippen molar-refractivity contribution in [1.82, 2.24) is 0 Å². The van der Waals surface area contributed by atoms with Crippen LogP contribution in [-0.2, 0) is 20.8 Å². The summed E-state index contributed by atoms with van der Waals surface area (Å²) in [5.41, 5.74) is 1.02. The third-order valence-electron chi connectivity index (χ3n) is 2.43. The summed E-state index contributed by atoms with van der Waals surface area (Å²) in [7, 11) is 1.52. The van der Waals surface area contributed by atoms with E-state index in [9.17, 15) is 9.59 Å². The number of hydrogen-bond donors (Lipinski definition) is 0. The minimum atomic E-state index is -0.543. The lowest BCUT2D eigenvalue weighted by atomic mass is 10.0. The summed E-state index contributed by atoms with van der Waals surface area (Å²) in [6.07, 6.45) is 0. The van der Waals surface area contributed by atoms with Crippen LogP contribution in [0.5, 0.6) is 0 Å². The maximum absolute atomic E-state index is 12.0. The van der Waals surface area contributed by atoms with E-state index in [1.165, 1.54) is 7.11 Å². The standard InChI is InChI=1S/C14H18O5/c1-4-18-13(15)11-8-6-7-10(9-17-3)12(11)14(16)19-5-2/h6-8H,4-5,9H2,1-3H3. The molecular formula is C14H18O5. The van der Waals surface area contributed by atoms with E-state index in [1.807, 2.05) is 0 Å². The van der Waals surface area contributed by atoms with Gasteiger partial charge in [-0.2, -0.15) is 0 Å². The molecule has 0 bridgehead atoms. The second-order valence-electron chi connectivity index (χ2n) is 3.71. The Kier molecular flexibility index (Phi) is 6.02. The Hall–Kier alpha value is -1.88. The van der Waals surface area contributed by atoms with E-state index in [4.69, 9.17) is 14.2 Å². The molecule has 5 nitrogen and oxygen atoms in total. The van der Waals surface area contributed by atoms with Crippen LogP contribution in [0.3, 0.4) is 0 Å². The first kappa shape index (κ1) is 15.2. The predicted octanol–water partition coefficient (Wildman–Crippen LogP) is 2.19. The quantitative estimate of drug-likeness (QED) is 0.738. The van der Waals surface area contributed by atoms with Crippen molar-refractivity contribution in [1.29, 1.82) is 0 Å². The molecule has 0 spiro atoms. The molecule has 1 rings (SSSR count). The Morgan fingerprint density at radius 2 is 1.68 bits per heavy atom. The van der Waals surface area contributed by atoms with Crippen molar-refractivity contribution in [3.05, 3.63) is 34.9 Å². The molecule has 1 aromatic carbocycles. The fourth-order valence-corrected chi connectivity index (χ4v) is 1.70. The average molecular weight is 266 g/mol. The number of hydrogen-bond acceptors (Lipinski definition) is 5. The highest BCUT2D eigenvalue weighted by atomic mass is 16.5. The number of carbonyl (C=O) groups is 2. The van der Waals surface area contributed by atoms with Crippen LogP contribution in [0.25, 0.3) is 0 Å². The highest BCUT2D eigenvalue weighted by Gasteiger charge is 2.22. The van der Waals surface area contributed by atoms with Crippen molar-refractivity contribution in [3.63, 3.8) is 0 Å². The van der Waals surface area contributed by atoms with Crippen molar-refractivity contribution in [3.8, 4) is 0 Å². The van der Waals surface area contributed by atoms with Crippen LogP contribution in [0.4, 0.5) is 0 Å². The fourth-order valence-electron chi connectivity index (χ4n) is 1.70. The number of methoxy groups -OCH3 is 1. The number of benzene rings is 1. The molecule has 1 aromatic rings. The molecule has 0 aromatic heterocycles. The zero-order valence-electron chi connectivity index (χ0n) is 11.4. The smallest absolute Gasteiger partial charge is 0.339 e. The maximum atomic E-state index is 12.0. The zero-order chi connectivity index (χ0) is 14.3. The highest BCUT2D eigenvalue weighted by Crippen LogP contribution is 2.18. The van der Waals surface area contributed by atoms with Gasteiger partial charge in [-0.3, -0.25) is 0 Å². The van der Waals surface area contributed by atoms with Gasteiger partial charge < -0.3 is 14.2 Å². The zero-order valence-corrected chi connectivity index (χ0v) is 11.4. The summed E-state index contributed by atoms with van der Waals surface area (Å²) in [5, 5.41) is 0. The van der Waals surface area contributed by atoms with Gasteiger partial charge in [0.25, 0.3) is 0 Å². The third-order valence-corrected chi connectivity index (χ3v) is 2.43. The summed E-state index contributed by atoms with van der Waals surface area (Å²) >= 11 is 0. The van der Waals surface area contributed by atoms with Gasteiger partial charge >= 0.3 is 11.9 Å². The SMILES string of the molecule is CCOC(=O)c1cccc(COC)c1C(=O)OCC. The minimum absolute atomic E-state index is 0.204. The first-order chi connectivity index (χ1) is 9.15. The van der Waals surface area contributed by atoms with E-state index < -0.39 is 11.9 Å². The van der Waals surface area contributed by atoms with Crippen LogP contribution in [0.2, 0.25) is 0 Å². The summed E-state index contributed by atoms with van der Waals surface area (Å²) in [6, 6.07) is 4.95. The molecule has 0 fully saturated rings. The molecule has 0 aliphatic rings. The van der Waals surface area contributed by atoms with Crippen LogP contribution < -0.4 is 0 Å². The second kappa shape index (κ2) is 7.53. The maximum Gasteiger partial charge on any atom is 0.339 e. The van der Waals surface area contributed by atoms with Gasteiger partial charge in [-0.25, -0.2) is 9.59 Å². The summed E-state index contributed by atoms with van der Waals surface area (Å²) in [6.45, 7) is 4.13. The Labute approximate surface area is 112 Å². The van der Waals surface area contributed by atoms with Crippen molar-refractivity contribution in [2.75, 3.05) is 20.3 Å². The van der Waals surface area contributed by atoms with Crippen LogP contribution in [-0.4, -0.2) is 32.3 Å². The summed E-state index contributed by atoms with van der Waals surface area (Å²) < 4.78 is 15.0. The Morgan fingerprint density at radius 1 is 1.05 bits per heavy atom. The van der Waals surface area contributed by atoms with E-state index in [2.05, 4.69) is 0 Å². The molecule has 0 saturated heterocycles. The molecule has 0 radical (unpaired) electrons. The molecule has 0 atom stereocenters. The molecule has 0 saturated carbocycles. The Bertz CT molecular complexity index is 453. The lowest BCUT2D eigenvalue weighted by Crippen LogP contribution is -2.16. The van der Waals surface area contributed by atoms with E-state index in [0.29, 0.717) is 5.56 Å². The van der Waals surface area contributed by atoms with Crippen molar-refractivity contribution >= 4 is 11.9 Å². The van der Waals surface area contributed by atoms with Gasteiger partial charge in [0.15, 0.2) is 0 Å². The Morgan fingerprint density at radius 3 is 2.26 bits per heavy atom. The number of ether oxygens (including phenoxy) is 3. The number of esters is 2. The van der Waals surface area contributed by atoms with Crippen LogP contribution >= 0.6 is 0 Å². The van der Waals surface area contributed by atoms with E-state index >= 15 is 0 Å². The van der Waals surface area contributed by atoms with Gasteiger partial charge in [0, 0.05) is 7.11 Å². The molecule has 5 heteroatoms. The van der Waals surface area contributed by atoms with Crippen LogP contribution in [0.1, 0.15) is 40.1 Å². The third kappa shape index (κ3) is 3.79. The molecule has 0 heterocycles. The molecule has 0 N–H and O–H groups in total. The molecule has 0 unspecified atom stereocenters. The summed E-state index contributed by atoms with van der Waals surface area (Å²) in [5.74, 6) is -1.08. The molecular weight excluding hydrogens is 248 g/mol. The molecule has 104 valence electrons. The number of rotatable bonds is 6. The van der Waals surface area contributed by atoms with Crippen LogP contribution in [0.15, 0.2) is 18.2 Å². The van der Waals surface area contributed by atoms with Crippen molar-refractivity contribution in [2.45, 2.75) is 20.5 Å². The molecule has 19 heavy (non-hydrogen) atoms. The van der Waals surface area contributed by atoms with Crippen LogP contribution in [0, 0.1) is 0 Å². The largest absolute Gasteiger partial charge is 0.462 e. The fraction of sp³-hybridized carbons (Fsp3) is 0.429. The van der Waals surface area contributed by atoms with Gasteiger partial charge in [0.05, 0.1) is 30.9 Å². The van der Waals surface area contributed by atoms with Gasteiger partial charge in [0.1, 0.15) is 0 Å². The molecule has 0 aliphatic carbocycles. The normalized spacial score (nSPS) is 10.1. The molecule has 0 aliphatic heterocycles. The van der Waals surface area contributed by atoms with Crippen molar-refractivity contribution in [2.24, 2.45) is 0 Å². The average Bonchev–Trinajstić information content (AvgIpc) is 2.39.